The smallest absolute Gasteiger partial charge is 0.257 e. The second-order valence-electron chi connectivity index (χ2n) is 5.74. The maximum atomic E-state index is 12.5. The number of rotatable bonds is 5. The molecule has 6 nitrogen and oxygen atoms in total. The minimum atomic E-state index is -0.173. The molecule has 0 aliphatic carbocycles. The van der Waals surface area contributed by atoms with E-state index in [-0.39, 0.29) is 5.91 Å². The molecule has 0 unspecified atom stereocenters. The van der Waals surface area contributed by atoms with Crippen molar-refractivity contribution in [2.75, 3.05) is 11.9 Å². The number of amides is 1. The highest BCUT2D eigenvalue weighted by molar-refractivity contribution is 6.05. The van der Waals surface area contributed by atoms with Gasteiger partial charge in [0, 0.05) is 30.9 Å². The maximum Gasteiger partial charge on any atom is 0.257 e. The van der Waals surface area contributed by atoms with Gasteiger partial charge in [0.2, 0.25) is 0 Å². The highest BCUT2D eigenvalue weighted by Crippen LogP contribution is 2.18. The molecule has 0 fully saturated rings. The SMILES string of the molecule is CCNCc1cccc(NC(=O)c2cnc3c(c2)c(C)nn3C)c1. The van der Waals surface area contributed by atoms with Gasteiger partial charge in [-0.3, -0.25) is 9.48 Å². The van der Waals surface area contributed by atoms with Gasteiger partial charge in [0.15, 0.2) is 5.65 Å². The van der Waals surface area contributed by atoms with Crippen molar-refractivity contribution in [1.82, 2.24) is 20.1 Å². The fraction of sp³-hybridized carbons (Fsp3) is 0.278. The van der Waals surface area contributed by atoms with Crippen LogP contribution in [0.1, 0.15) is 28.5 Å². The first-order chi connectivity index (χ1) is 11.6. The fourth-order valence-corrected chi connectivity index (χ4v) is 2.66. The molecule has 2 aromatic heterocycles. The summed E-state index contributed by atoms with van der Waals surface area (Å²) in [5, 5.41) is 11.4. The van der Waals surface area contributed by atoms with Crippen LogP contribution < -0.4 is 10.6 Å². The molecule has 0 aliphatic heterocycles. The lowest BCUT2D eigenvalue weighted by Gasteiger charge is -2.08. The number of fused-ring (bicyclic) bond motifs is 1. The Morgan fingerprint density at radius 3 is 2.92 bits per heavy atom. The Bertz CT molecular complexity index is 884. The van der Waals surface area contributed by atoms with Gasteiger partial charge in [-0.2, -0.15) is 5.10 Å². The molecule has 0 radical (unpaired) electrons. The van der Waals surface area contributed by atoms with Crippen molar-refractivity contribution in [3.05, 3.63) is 53.3 Å². The minimum Gasteiger partial charge on any atom is -0.322 e. The van der Waals surface area contributed by atoms with Gasteiger partial charge in [-0.15, -0.1) is 0 Å². The van der Waals surface area contributed by atoms with Crippen LogP contribution in [0.5, 0.6) is 0 Å². The van der Waals surface area contributed by atoms with Crippen molar-refractivity contribution in [2.45, 2.75) is 20.4 Å². The Balaban J connectivity index is 1.81. The van der Waals surface area contributed by atoms with Crippen LogP contribution in [0.15, 0.2) is 36.5 Å². The molecule has 6 heteroatoms. The van der Waals surface area contributed by atoms with Crippen LogP contribution in [0.25, 0.3) is 11.0 Å². The van der Waals surface area contributed by atoms with Crippen LogP contribution in [-0.4, -0.2) is 27.2 Å². The predicted octanol–water partition coefficient (Wildman–Crippen LogP) is 2.64. The zero-order valence-electron chi connectivity index (χ0n) is 14.1. The second-order valence-corrected chi connectivity index (χ2v) is 5.74. The molecule has 2 N–H and O–H groups in total. The lowest BCUT2D eigenvalue weighted by Crippen LogP contribution is -2.14. The summed E-state index contributed by atoms with van der Waals surface area (Å²) in [6.07, 6.45) is 1.58. The van der Waals surface area contributed by atoms with E-state index >= 15 is 0 Å². The number of nitrogens with zero attached hydrogens (tertiary/aromatic N) is 3. The van der Waals surface area contributed by atoms with E-state index in [4.69, 9.17) is 0 Å². The van der Waals surface area contributed by atoms with E-state index in [9.17, 15) is 4.79 Å². The van der Waals surface area contributed by atoms with Gasteiger partial charge in [0.25, 0.3) is 5.91 Å². The predicted molar refractivity (Wildman–Crippen MR) is 95.0 cm³/mol. The fourth-order valence-electron chi connectivity index (χ4n) is 2.66. The van der Waals surface area contributed by atoms with E-state index in [0.29, 0.717) is 5.56 Å². The van der Waals surface area contributed by atoms with Crippen LogP contribution in [0.2, 0.25) is 0 Å². The largest absolute Gasteiger partial charge is 0.322 e. The van der Waals surface area contributed by atoms with Gasteiger partial charge in [-0.05, 0) is 37.2 Å². The highest BCUT2D eigenvalue weighted by Gasteiger charge is 2.12. The first-order valence-electron chi connectivity index (χ1n) is 7.99. The zero-order valence-corrected chi connectivity index (χ0v) is 14.1. The van der Waals surface area contributed by atoms with E-state index in [1.807, 2.05) is 44.3 Å². The van der Waals surface area contributed by atoms with Crippen LogP contribution in [0, 0.1) is 6.92 Å². The van der Waals surface area contributed by atoms with Gasteiger partial charge in [-0.25, -0.2) is 4.98 Å². The second kappa shape index (κ2) is 6.80. The number of hydrogen-bond acceptors (Lipinski definition) is 4. The number of benzene rings is 1. The number of aryl methyl sites for hydroxylation is 2. The van der Waals surface area contributed by atoms with E-state index in [2.05, 4.69) is 27.6 Å². The summed E-state index contributed by atoms with van der Waals surface area (Å²) < 4.78 is 1.72. The van der Waals surface area contributed by atoms with Crippen LogP contribution >= 0.6 is 0 Å². The Kier molecular flexibility index (Phi) is 4.57. The van der Waals surface area contributed by atoms with Crippen molar-refractivity contribution in [3.8, 4) is 0 Å². The Labute approximate surface area is 140 Å². The van der Waals surface area contributed by atoms with Gasteiger partial charge in [0.1, 0.15) is 0 Å². The Morgan fingerprint density at radius 2 is 2.12 bits per heavy atom. The van der Waals surface area contributed by atoms with Crippen LogP contribution in [0.4, 0.5) is 5.69 Å². The number of aromatic nitrogens is 3. The number of hydrogen-bond donors (Lipinski definition) is 2. The number of carbonyl (C=O) groups is 1. The van der Waals surface area contributed by atoms with Crippen molar-refractivity contribution >= 4 is 22.6 Å². The molecule has 3 rings (SSSR count). The van der Waals surface area contributed by atoms with Crippen molar-refractivity contribution in [1.29, 1.82) is 0 Å². The quantitative estimate of drug-likeness (QED) is 0.757. The third kappa shape index (κ3) is 3.28. The average molecular weight is 323 g/mol. The number of pyridine rings is 1. The highest BCUT2D eigenvalue weighted by atomic mass is 16.1. The number of carbonyl (C=O) groups excluding carboxylic acids is 1. The first-order valence-corrected chi connectivity index (χ1v) is 7.99. The molecule has 0 aliphatic rings. The molecule has 1 aromatic carbocycles. The van der Waals surface area contributed by atoms with Crippen LogP contribution in [0.3, 0.4) is 0 Å². The minimum absolute atomic E-state index is 0.173. The topological polar surface area (TPSA) is 71.8 Å². The zero-order chi connectivity index (χ0) is 17.1. The third-order valence-corrected chi connectivity index (χ3v) is 3.89. The van der Waals surface area contributed by atoms with Crippen molar-refractivity contribution in [2.24, 2.45) is 7.05 Å². The molecule has 1 amide bonds. The van der Waals surface area contributed by atoms with Gasteiger partial charge in [-0.1, -0.05) is 19.1 Å². The van der Waals surface area contributed by atoms with E-state index in [0.717, 1.165) is 41.1 Å². The summed E-state index contributed by atoms with van der Waals surface area (Å²) in [5.41, 5.74) is 4.07. The summed E-state index contributed by atoms with van der Waals surface area (Å²) in [5.74, 6) is -0.173. The Hall–Kier alpha value is -2.73. The van der Waals surface area contributed by atoms with Gasteiger partial charge < -0.3 is 10.6 Å². The third-order valence-electron chi connectivity index (χ3n) is 3.89. The lowest BCUT2D eigenvalue weighted by atomic mass is 10.1. The first kappa shape index (κ1) is 16.1. The molecule has 0 atom stereocenters. The summed E-state index contributed by atoms with van der Waals surface area (Å²) in [4.78, 5) is 16.9. The summed E-state index contributed by atoms with van der Waals surface area (Å²) >= 11 is 0. The summed E-state index contributed by atoms with van der Waals surface area (Å²) in [6.45, 7) is 5.67. The van der Waals surface area contributed by atoms with Crippen molar-refractivity contribution < 1.29 is 4.79 Å². The lowest BCUT2D eigenvalue weighted by molar-refractivity contribution is 0.102. The normalized spacial score (nSPS) is 11.0. The molecule has 24 heavy (non-hydrogen) atoms. The molecule has 3 aromatic rings. The molecule has 0 spiro atoms. The number of anilines is 1. The average Bonchev–Trinajstić information content (AvgIpc) is 2.87. The molecular formula is C18H21N5O. The van der Waals surface area contributed by atoms with E-state index < -0.39 is 0 Å². The molecule has 0 saturated carbocycles. The maximum absolute atomic E-state index is 12.5. The Morgan fingerprint density at radius 1 is 1.29 bits per heavy atom. The molecule has 0 saturated heterocycles. The van der Waals surface area contributed by atoms with Gasteiger partial charge >= 0.3 is 0 Å². The monoisotopic (exact) mass is 323 g/mol. The summed E-state index contributed by atoms with van der Waals surface area (Å²) in [7, 11) is 1.85. The van der Waals surface area contributed by atoms with Crippen molar-refractivity contribution in [3.63, 3.8) is 0 Å². The molecule has 2 heterocycles. The standard InChI is InChI=1S/C18H21N5O/c1-4-19-10-13-6-5-7-15(8-13)21-18(24)14-9-16-12(2)22-23(3)17(16)20-11-14/h5-9,11,19H,4,10H2,1-3H3,(H,21,24). The van der Waals surface area contributed by atoms with Crippen LogP contribution in [-0.2, 0) is 13.6 Å². The molecule has 124 valence electrons. The molecular weight excluding hydrogens is 302 g/mol. The number of nitrogens with one attached hydrogen (secondary N) is 2. The summed E-state index contributed by atoms with van der Waals surface area (Å²) in [6, 6.07) is 9.67. The van der Waals surface area contributed by atoms with E-state index in [1.165, 1.54) is 0 Å². The molecule has 0 bridgehead atoms. The van der Waals surface area contributed by atoms with E-state index in [1.54, 1.807) is 10.9 Å². The van der Waals surface area contributed by atoms with Gasteiger partial charge in [0.05, 0.1) is 11.3 Å².